The van der Waals surface area contributed by atoms with Crippen molar-refractivity contribution in [3.8, 4) is 0 Å². The molecule has 0 bridgehead atoms. The maximum absolute atomic E-state index is 12.4. The van der Waals surface area contributed by atoms with Crippen LogP contribution in [0.5, 0.6) is 0 Å². The van der Waals surface area contributed by atoms with E-state index in [4.69, 9.17) is 0 Å². The summed E-state index contributed by atoms with van der Waals surface area (Å²) in [6.07, 6.45) is 3.30. The molecule has 2 aromatic heterocycles. The maximum Gasteiger partial charge on any atom is 0.274 e. The van der Waals surface area contributed by atoms with Gasteiger partial charge in [0.05, 0.1) is 0 Å². The smallest absolute Gasteiger partial charge is 0.274 e. The van der Waals surface area contributed by atoms with Crippen molar-refractivity contribution in [2.45, 2.75) is 24.3 Å². The predicted octanol–water partition coefficient (Wildman–Crippen LogP) is 3.62. The van der Waals surface area contributed by atoms with Gasteiger partial charge < -0.3 is 9.88 Å². The van der Waals surface area contributed by atoms with Crippen molar-refractivity contribution in [3.05, 3.63) is 65.7 Å². The number of carbonyl (C=O) groups is 1. The van der Waals surface area contributed by atoms with E-state index in [0.717, 1.165) is 22.0 Å². The van der Waals surface area contributed by atoms with Gasteiger partial charge in [0.1, 0.15) is 12.0 Å². The van der Waals surface area contributed by atoms with Crippen LogP contribution in [0.15, 0.2) is 54.1 Å². The van der Waals surface area contributed by atoms with Gasteiger partial charge in [-0.15, -0.1) is 10.2 Å². The molecule has 3 aromatic rings. The normalized spacial score (nSPS) is 12.0. The molecule has 0 saturated heterocycles. The zero-order valence-corrected chi connectivity index (χ0v) is 15.1. The molecule has 7 heteroatoms. The molecule has 3 rings (SSSR count). The molecule has 128 valence electrons. The van der Waals surface area contributed by atoms with Crippen LogP contribution in [-0.4, -0.2) is 25.7 Å². The van der Waals surface area contributed by atoms with E-state index in [1.807, 2.05) is 54.9 Å². The highest BCUT2D eigenvalue weighted by molar-refractivity contribution is 7.99. The van der Waals surface area contributed by atoms with E-state index in [0.29, 0.717) is 5.69 Å². The maximum atomic E-state index is 12.4. The van der Waals surface area contributed by atoms with Gasteiger partial charge in [0.15, 0.2) is 5.16 Å². The van der Waals surface area contributed by atoms with Gasteiger partial charge in [0.25, 0.3) is 5.91 Å². The Balaban J connectivity index is 1.74. The molecule has 0 spiro atoms. The predicted molar refractivity (Wildman–Crippen MR) is 98.6 cm³/mol. The topological polar surface area (TPSA) is 72.7 Å². The Morgan fingerprint density at radius 2 is 2.12 bits per heavy atom. The molecule has 1 aromatic carbocycles. The lowest BCUT2D eigenvalue weighted by Gasteiger charge is -2.13. The Bertz CT molecular complexity index is 892. The number of rotatable bonds is 5. The highest BCUT2D eigenvalue weighted by Gasteiger charge is 2.14. The highest BCUT2D eigenvalue weighted by atomic mass is 32.2. The first-order valence-corrected chi connectivity index (χ1v) is 8.76. The Labute approximate surface area is 150 Å². The average molecular weight is 353 g/mol. The van der Waals surface area contributed by atoms with Crippen LogP contribution in [0.3, 0.4) is 0 Å². The van der Waals surface area contributed by atoms with Crippen molar-refractivity contribution in [1.82, 2.24) is 19.7 Å². The van der Waals surface area contributed by atoms with E-state index in [9.17, 15) is 4.79 Å². The van der Waals surface area contributed by atoms with Gasteiger partial charge in [-0.25, -0.2) is 0 Å². The average Bonchev–Trinajstić information content (AvgIpc) is 3.00. The van der Waals surface area contributed by atoms with E-state index in [-0.39, 0.29) is 11.2 Å². The zero-order chi connectivity index (χ0) is 17.8. The molecular weight excluding hydrogens is 334 g/mol. The molecule has 0 aliphatic carbocycles. The molecule has 0 saturated carbocycles. The van der Waals surface area contributed by atoms with E-state index >= 15 is 0 Å². The zero-order valence-electron chi connectivity index (χ0n) is 14.3. The number of nitrogens with one attached hydrogen (secondary N) is 1. The van der Waals surface area contributed by atoms with Gasteiger partial charge in [0, 0.05) is 24.2 Å². The van der Waals surface area contributed by atoms with Gasteiger partial charge in [-0.1, -0.05) is 30.0 Å². The number of aromatic nitrogens is 4. The quantitative estimate of drug-likeness (QED) is 0.709. The highest BCUT2D eigenvalue weighted by Crippen LogP contribution is 2.34. The number of aryl methyl sites for hydroxylation is 2. The lowest BCUT2D eigenvalue weighted by Crippen LogP contribution is -2.15. The molecule has 1 atom stereocenters. The molecule has 1 amide bonds. The summed E-state index contributed by atoms with van der Waals surface area (Å²) in [5, 5.41) is 11.9. The second kappa shape index (κ2) is 7.48. The third-order valence-electron chi connectivity index (χ3n) is 3.79. The second-order valence-electron chi connectivity index (χ2n) is 5.73. The molecule has 0 radical (unpaired) electrons. The van der Waals surface area contributed by atoms with E-state index in [1.165, 1.54) is 0 Å². The van der Waals surface area contributed by atoms with Crippen LogP contribution in [0.25, 0.3) is 0 Å². The summed E-state index contributed by atoms with van der Waals surface area (Å²) in [6, 6.07) is 11.5. The van der Waals surface area contributed by atoms with Gasteiger partial charge >= 0.3 is 0 Å². The summed E-state index contributed by atoms with van der Waals surface area (Å²) >= 11 is 1.62. The van der Waals surface area contributed by atoms with Gasteiger partial charge in [-0.05, 0) is 43.2 Å². The first-order chi connectivity index (χ1) is 12.0. The largest absolute Gasteiger partial charge is 0.321 e. The Morgan fingerprint density at radius 3 is 2.84 bits per heavy atom. The Morgan fingerprint density at radius 1 is 1.28 bits per heavy atom. The molecule has 1 N–H and O–H groups in total. The van der Waals surface area contributed by atoms with Crippen molar-refractivity contribution in [2.24, 2.45) is 7.05 Å². The van der Waals surface area contributed by atoms with Gasteiger partial charge in [-0.3, -0.25) is 9.78 Å². The number of thioether (sulfide) groups is 1. The second-order valence-corrected chi connectivity index (χ2v) is 7.04. The van der Waals surface area contributed by atoms with E-state index < -0.39 is 0 Å². The lowest BCUT2D eigenvalue weighted by molar-refractivity contribution is 0.102. The third-order valence-corrected chi connectivity index (χ3v) is 5.00. The first-order valence-electron chi connectivity index (χ1n) is 7.88. The monoisotopic (exact) mass is 353 g/mol. The molecule has 0 fully saturated rings. The summed E-state index contributed by atoms with van der Waals surface area (Å²) < 4.78 is 1.89. The molecule has 0 aliphatic rings. The van der Waals surface area contributed by atoms with Crippen molar-refractivity contribution in [3.63, 3.8) is 0 Å². The summed E-state index contributed by atoms with van der Waals surface area (Å²) in [7, 11) is 1.92. The molecule has 6 nitrogen and oxygen atoms in total. The molecule has 0 aliphatic heterocycles. The van der Waals surface area contributed by atoms with Gasteiger partial charge in [-0.2, -0.15) is 0 Å². The van der Waals surface area contributed by atoms with E-state index in [2.05, 4.69) is 27.4 Å². The fraction of sp³-hybridized carbons (Fsp3) is 0.222. The van der Waals surface area contributed by atoms with E-state index in [1.54, 1.807) is 24.3 Å². The number of benzene rings is 1. The van der Waals surface area contributed by atoms with Crippen LogP contribution >= 0.6 is 11.8 Å². The number of nitrogens with zero attached hydrogens (tertiary/aromatic N) is 4. The number of pyridine rings is 1. The van der Waals surface area contributed by atoms with Crippen LogP contribution < -0.4 is 5.32 Å². The number of anilines is 1. The number of amides is 1. The summed E-state index contributed by atoms with van der Waals surface area (Å²) in [5.41, 5.74) is 3.14. The van der Waals surface area contributed by atoms with Crippen LogP contribution in [-0.2, 0) is 7.05 Å². The first kappa shape index (κ1) is 17.2. The fourth-order valence-corrected chi connectivity index (χ4v) is 3.30. The van der Waals surface area contributed by atoms with Crippen molar-refractivity contribution in [1.29, 1.82) is 0 Å². The van der Waals surface area contributed by atoms with Crippen LogP contribution in [0.4, 0.5) is 5.69 Å². The summed E-state index contributed by atoms with van der Waals surface area (Å²) in [4.78, 5) is 16.6. The summed E-state index contributed by atoms with van der Waals surface area (Å²) in [5.74, 6) is -0.205. The molecule has 1 unspecified atom stereocenters. The Hall–Kier alpha value is -2.67. The number of carbonyl (C=O) groups excluding carboxylic acids is 1. The summed E-state index contributed by atoms with van der Waals surface area (Å²) in [6.45, 7) is 3.97. The standard InChI is InChI=1S/C18H19N5OS/c1-12-6-5-9-19-16(12)17(24)21-15-8-4-7-14(10-15)13(2)25-18-22-20-11-23(18)3/h4-11,13H,1-3H3,(H,21,24). The third kappa shape index (κ3) is 4.06. The SMILES string of the molecule is Cc1cccnc1C(=O)Nc1cccc(C(C)Sc2nncn2C)c1. The number of hydrogen-bond acceptors (Lipinski definition) is 5. The van der Waals surface area contributed by atoms with Crippen LogP contribution in [0.2, 0.25) is 0 Å². The van der Waals surface area contributed by atoms with Crippen LogP contribution in [0.1, 0.15) is 33.8 Å². The minimum absolute atomic E-state index is 0.177. The minimum Gasteiger partial charge on any atom is -0.321 e. The lowest BCUT2D eigenvalue weighted by atomic mass is 10.1. The fourth-order valence-electron chi connectivity index (χ4n) is 2.39. The van der Waals surface area contributed by atoms with Crippen LogP contribution in [0, 0.1) is 6.92 Å². The van der Waals surface area contributed by atoms with Crippen molar-refractivity contribution in [2.75, 3.05) is 5.32 Å². The molecule has 25 heavy (non-hydrogen) atoms. The minimum atomic E-state index is -0.205. The Kier molecular flexibility index (Phi) is 5.14. The number of hydrogen-bond donors (Lipinski definition) is 1. The van der Waals surface area contributed by atoms with Gasteiger partial charge in [0.2, 0.25) is 0 Å². The van der Waals surface area contributed by atoms with Crippen molar-refractivity contribution >= 4 is 23.4 Å². The molecule has 2 heterocycles. The van der Waals surface area contributed by atoms with Crippen molar-refractivity contribution < 1.29 is 4.79 Å². The molecular formula is C18H19N5OS.